The Balaban J connectivity index is 1.42. The summed E-state index contributed by atoms with van der Waals surface area (Å²) in [6.07, 6.45) is -4.92. The molecule has 290 valence electrons. The van der Waals surface area contributed by atoms with E-state index in [0.717, 1.165) is 35.2 Å². The van der Waals surface area contributed by atoms with Crippen molar-refractivity contribution in [1.29, 1.82) is 0 Å². The third kappa shape index (κ3) is 7.07. The third-order valence-corrected chi connectivity index (χ3v) is 11.6. The van der Waals surface area contributed by atoms with Gasteiger partial charge in [0, 0.05) is 47.4 Å². The quantitative estimate of drug-likeness (QED) is 0.198. The zero-order valence-electron chi connectivity index (χ0n) is 30.7. The smallest absolute Gasteiger partial charge is 0.417 e. The van der Waals surface area contributed by atoms with Crippen molar-refractivity contribution < 1.29 is 41.4 Å². The molecule has 54 heavy (non-hydrogen) atoms. The summed E-state index contributed by atoms with van der Waals surface area (Å²) < 4.78 is 79.3. The second-order valence-electron chi connectivity index (χ2n) is 15.6. The first-order chi connectivity index (χ1) is 25.2. The summed E-state index contributed by atoms with van der Waals surface area (Å²) in [5, 5.41) is 2.52. The molecule has 2 amide bonds. The predicted molar refractivity (Wildman–Crippen MR) is 198 cm³/mol. The molecule has 2 aromatic carbocycles. The lowest BCUT2D eigenvalue weighted by atomic mass is 9.95. The van der Waals surface area contributed by atoms with Gasteiger partial charge in [0.25, 0.3) is 0 Å². The molecule has 0 spiro atoms. The van der Waals surface area contributed by atoms with E-state index in [1.54, 1.807) is 51.3 Å². The Kier molecular flexibility index (Phi) is 9.56. The SMILES string of the molecule is COC[C@H]1CSc2c(-c3ccc(F)c4sc(NC(=O)OC(C)(C)C)nc34)c(C(F)(F)F)cc3c(N4C[C@H]5CC[C@@H](C4)N5C(=O)OC(C)(C)C)nc(=O)n1c23. The lowest BCUT2D eigenvalue weighted by Crippen LogP contribution is -2.57. The molecule has 3 aliphatic rings. The minimum atomic E-state index is -4.91. The molecule has 12 nitrogen and oxygen atoms in total. The van der Waals surface area contributed by atoms with Crippen LogP contribution in [-0.4, -0.2) is 87.5 Å². The number of thioether (sulfide) groups is 1. The van der Waals surface area contributed by atoms with E-state index >= 15 is 17.6 Å². The van der Waals surface area contributed by atoms with E-state index < -0.39 is 52.7 Å². The summed E-state index contributed by atoms with van der Waals surface area (Å²) in [7, 11) is 1.47. The van der Waals surface area contributed by atoms with E-state index in [-0.39, 0.29) is 85.6 Å². The number of benzene rings is 2. The lowest BCUT2D eigenvalue weighted by Gasteiger charge is -2.42. The van der Waals surface area contributed by atoms with Crippen LogP contribution >= 0.6 is 23.1 Å². The van der Waals surface area contributed by atoms with Gasteiger partial charge in [-0.3, -0.25) is 14.8 Å². The number of thiazole rings is 1. The predicted octanol–water partition coefficient (Wildman–Crippen LogP) is 8.06. The van der Waals surface area contributed by atoms with Gasteiger partial charge >= 0.3 is 24.1 Å². The summed E-state index contributed by atoms with van der Waals surface area (Å²) in [5.41, 5.74) is -3.38. The van der Waals surface area contributed by atoms with Crippen LogP contribution in [0.25, 0.3) is 32.2 Å². The molecule has 0 aliphatic carbocycles. The van der Waals surface area contributed by atoms with Crippen LogP contribution < -0.4 is 15.9 Å². The van der Waals surface area contributed by atoms with Crippen molar-refractivity contribution in [1.82, 2.24) is 19.4 Å². The molecule has 18 heteroatoms. The molecule has 3 aliphatic heterocycles. The number of methoxy groups -OCH3 is 1. The monoisotopic (exact) mass is 792 g/mol. The first kappa shape index (κ1) is 38.1. The summed E-state index contributed by atoms with van der Waals surface area (Å²) >= 11 is 1.91. The number of aromatic nitrogens is 3. The van der Waals surface area contributed by atoms with Crippen LogP contribution in [0.1, 0.15) is 66.0 Å². The maximum absolute atomic E-state index is 15.4. The standard InChI is InChI=1S/C36H40F4N6O6S2/c1-34(2,3)51-32(48)43-30-41-25-20(10-11-23(37)27(25)54-30)24-22(36(38,39)40)12-21-26-28(24)53-16-19(15-50-7)46(26)31(47)42-29(21)44-13-17-8-9-18(14-44)45(17)33(49)52-35(4,5)6/h10-12,17-19H,8-9,13-16H2,1-7H3,(H,41,43,48)/t17-,18+,19-/m0/s1. The van der Waals surface area contributed by atoms with E-state index in [0.29, 0.717) is 12.8 Å². The molecule has 2 aromatic heterocycles. The van der Waals surface area contributed by atoms with Crippen LogP contribution in [0, 0.1) is 5.82 Å². The Morgan fingerprint density at radius 3 is 2.28 bits per heavy atom. The fraction of sp³-hybridized carbons (Fsp3) is 0.528. The van der Waals surface area contributed by atoms with Gasteiger partial charge in [-0.15, -0.1) is 11.8 Å². The number of rotatable bonds is 5. The molecule has 4 aromatic rings. The summed E-state index contributed by atoms with van der Waals surface area (Å²) in [4.78, 5) is 52.3. The average Bonchev–Trinajstić information content (AvgIpc) is 3.59. The number of nitrogens with one attached hydrogen (secondary N) is 1. The molecule has 3 atom stereocenters. The van der Waals surface area contributed by atoms with Gasteiger partial charge in [-0.05, 0) is 72.6 Å². The molecule has 2 bridgehead atoms. The second kappa shape index (κ2) is 13.5. The normalized spacial score (nSPS) is 20.2. The molecule has 5 heterocycles. The van der Waals surface area contributed by atoms with Crippen LogP contribution in [0.4, 0.5) is 38.1 Å². The molecule has 7 rings (SSSR count). The molecule has 0 saturated carbocycles. The molecule has 0 radical (unpaired) electrons. The van der Waals surface area contributed by atoms with Gasteiger partial charge in [-0.2, -0.15) is 18.2 Å². The van der Waals surface area contributed by atoms with Crippen molar-refractivity contribution in [3.05, 3.63) is 40.1 Å². The average molecular weight is 793 g/mol. The maximum atomic E-state index is 15.4. The summed E-state index contributed by atoms with van der Waals surface area (Å²) in [5.74, 6) is -0.454. The van der Waals surface area contributed by atoms with Crippen LogP contribution in [-0.2, 0) is 20.4 Å². The number of anilines is 2. The highest BCUT2D eigenvalue weighted by atomic mass is 32.2. The van der Waals surface area contributed by atoms with E-state index in [1.807, 2.05) is 0 Å². The number of piperazine rings is 1. The van der Waals surface area contributed by atoms with E-state index in [9.17, 15) is 14.4 Å². The number of hydrogen-bond acceptors (Lipinski definition) is 11. The van der Waals surface area contributed by atoms with Crippen molar-refractivity contribution in [3.63, 3.8) is 0 Å². The highest BCUT2D eigenvalue weighted by molar-refractivity contribution is 7.99. The molecule has 1 N–H and O–H groups in total. The lowest BCUT2D eigenvalue weighted by molar-refractivity contribution is -0.137. The first-order valence-corrected chi connectivity index (χ1v) is 19.2. The second-order valence-corrected chi connectivity index (χ2v) is 17.7. The van der Waals surface area contributed by atoms with E-state index in [4.69, 9.17) is 14.2 Å². The molecular weight excluding hydrogens is 753 g/mol. The van der Waals surface area contributed by atoms with Gasteiger partial charge in [0.05, 0.1) is 46.0 Å². The topological polar surface area (TPSA) is 128 Å². The number of halogens is 4. The molecular formula is C36H40F4N6O6S2. The van der Waals surface area contributed by atoms with E-state index in [1.165, 1.54) is 17.7 Å². The largest absolute Gasteiger partial charge is 0.444 e. The fourth-order valence-electron chi connectivity index (χ4n) is 7.45. The Morgan fingerprint density at radius 1 is 1.00 bits per heavy atom. The van der Waals surface area contributed by atoms with Gasteiger partial charge in [0.15, 0.2) is 5.13 Å². The van der Waals surface area contributed by atoms with Crippen molar-refractivity contribution in [2.75, 3.05) is 42.8 Å². The molecule has 2 saturated heterocycles. The van der Waals surface area contributed by atoms with Crippen LogP contribution in [0.2, 0.25) is 0 Å². The van der Waals surface area contributed by atoms with Gasteiger partial charge in [0.2, 0.25) is 0 Å². The highest BCUT2D eigenvalue weighted by Crippen LogP contribution is 2.52. The Hall–Kier alpha value is -4.16. The van der Waals surface area contributed by atoms with Gasteiger partial charge < -0.3 is 19.1 Å². The van der Waals surface area contributed by atoms with Crippen molar-refractivity contribution in [3.8, 4) is 11.1 Å². The Morgan fingerprint density at radius 2 is 1.67 bits per heavy atom. The number of nitrogens with zero attached hydrogens (tertiary/aromatic N) is 5. The number of ether oxygens (including phenoxy) is 3. The third-order valence-electron chi connectivity index (χ3n) is 9.35. The number of carbonyl (C=O) groups is 2. The van der Waals surface area contributed by atoms with Crippen molar-refractivity contribution in [2.45, 2.75) is 94.8 Å². The fourth-order valence-corrected chi connectivity index (χ4v) is 9.64. The maximum Gasteiger partial charge on any atom is 0.417 e. The summed E-state index contributed by atoms with van der Waals surface area (Å²) in [6, 6.07) is 2.15. The zero-order chi connectivity index (χ0) is 39.1. The van der Waals surface area contributed by atoms with Crippen molar-refractivity contribution >= 4 is 67.4 Å². The van der Waals surface area contributed by atoms with Gasteiger partial charge in [-0.1, -0.05) is 11.3 Å². The van der Waals surface area contributed by atoms with Crippen LogP contribution in [0.5, 0.6) is 0 Å². The zero-order valence-corrected chi connectivity index (χ0v) is 32.4. The van der Waals surface area contributed by atoms with Crippen LogP contribution in [0.15, 0.2) is 27.9 Å². The van der Waals surface area contributed by atoms with Gasteiger partial charge in [-0.25, -0.2) is 23.8 Å². The van der Waals surface area contributed by atoms with Crippen molar-refractivity contribution in [2.24, 2.45) is 0 Å². The minimum absolute atomic E-state index is 0.0248. The van der Waals surface area contributed by atoms with E-state index in [2.05, 4.69) is 15.3 Å². The number of alkyl halides is 3. The van der Waals surface area contributed by atoms with Gasteiger partial charge in [0.1, 0.15) is 22.8 Å². The summed E-state index contributed by atoms with van der Waals surface area (Å²) in [6.45, 7) is 10.9. The number of hydrogen-bond donors (Lipinski definition) is 1. The van der Waals surface area contributed by atoms with Crippen LogP contribution in [0.3, 0.4) is 0 Å². The molecule has 2 fully saturated rings. The molecule has 0 unspecified atom stereocenters. The Bertz CT molecular complexity index is 2220. The highest BCUT2D eigenvalue weighted by Gasteiger charge is 2.46. The first-order valence-electron chi connectivity index (χ1n) is 17.4. The number of amides is 2. The number of fused-ring (bicyclic) bond motifs is 3. The Labute approximate surface area is 316 Å². The number of carbonyl (C=O) groups excluding carboxylic acids is 2. The minimum Gasteiger partial charge on any atom is -0.444 e.